The first-order chi connectivity index (χ1) is 13.0. The molecule has 0 aliphatic carbocycles. The number of aryl methyl sites for hydroxylation is 1. The second-order valence-corrected chi connectivity index (χ2v) is 6.27. The third-order valence-corrected chi connectivity index (χ3v) is 4.28. The predicted octanol–water partition coefficient (Wildman–Crippen LogP) is 3.14. The Balaban J connectivity index is 2.01. The Hall–Kier alpha value is -2.84. The maximum Gasteiger partial charge on any atom is 0.229 e. The topological polar surface area (TPSA) is 88.9 Å². The highest BCUT2D eigenvalue weighted by molar-refractivity contribution is 6.35. The Labute approximate surface area is 162 Å². The van der Waals surface area contributed by atoms with E-state index >= 15 is 0 Å². The van der Waals surface area contributed by atoms with Crippen LogP contribution < -0.4 is 20.7 Å². The molecule has 0 fully saturated rings. The molecule has 142 valence electrons. The van der Waals surface area contributed by atoms with Crippen LogP contribution in [0.4, 0.5) is 17.5 Å². The molecular formula is C18H22ClN7O. The maximum absolute atomic E-state index is 6.69. The molecule has 0 spiro atoms. The molecule has 0 radical (unpaired) electrons. The van der Waals surface area contributed by atoms with E-state index in [0.29, 0.717) is 34.6 Å². The zero-order chi connectivity index (χ0) is 19.4. The van der Waals surface area contributed by atoms with Crippen molar-refractivity contribution in [1.29, 1.82) is 0 Å². The lowest BCUT2D eigenvalue weighted by Crippen LogP contribution is -2.06. The van der Waals surface area contributed by atoms with Gasteiger partial charge >= 0.3 is 0 Å². The van der Waals surface area contributed by atoms with E-state index in [1.165, 1.54) is 0 Å². The van der Waals surface area contributed by atoms with Crippen LogP contribution in [-0.4, -0.2) is 41.0 Å². The van der Waals surface area contributed by atoms with E-state index in [9.17, 15) is 0 Å². The molecule has 2 aromatic heterocycles. The van der Waals surface area contributed by atoms with Crippen LogP contribution in [0.3, 0.4) is 0 Å². The summed E-state index contributed by atoms with van der Waals surface area (Å²) in [6, 6.07) is 5.52. The Morgan fingerprint density at radius 1 is 1.22 bits per heavy atom. The largest absolute Gasteiger partial charge is 0.494 e. The molecule has 3 N–H and O–H groups in total. The fourth-order valence-electron chi connectivity index (χ4n) is 2.67. The van der Waals surface area contributed by atoms with Crippen molar-refractivity contribution in [2.75, 3.05) is 31.8 Å². The van der Waals surface area contributed by atoms with Gasteiger partial charge in [-0.25, -0.2) is 9.67 Å². The van der Waals surface area contributed by atoms with E-state index in [1.807, 2.05) is 45.4 Å². The molecule has 0 saturated heterocycles. The van der Waals surface area contributed by atoms with Gasteiger partial charge in [-0.05, 0) is 26.1 Å². The molecule has 2 heterocycles. The van der Waals surface area contributed by atoms with Crippen molar-refractivity contribution in [2.24, 2.45) is 0 Å². The molecule has 0 aliphatic heterocycles. The number of halogens is 1. The summed E-state index contributed by atoms with van der Waals surface area (Å²) in [5.41, 5.74) is 3.18. The minimum Gasteiger partial charge on any atom is -0.494 e. The molecule has 3 aromatic rings. The van der Waals surface area contributed by atoms with Crippen LogP contribution in [-0.2, 0) is 6.54 Å². The number of hydrogen-bond acceptors (Lipinski definition) is 7. The molecule has 8 nitrogen and oxygen atoms in total. The Kier molecular flexibility index (Phi) is 5.78. The van der Waals surface area contributed by atoms with Gasteiger partial charge in [0, 0.05) is 37.1 Å². The Morgan fingerprint density at radius 3 is 2.74 bits per heavy atom. The zero-order valence-electron chi connectivity index (χ0n) is 15.7. The molecular weight excluding hydrogens is 366 g/mol. The Bertz CT molecular complexity index is 941. The normalized spacial score (nSPS) is 10.7. The summed E-state index contributed by atoms with van der Waals surface area (Å²) in [7, 11) is 5.30. The van der Waals surface area contributed by atoms with E-state index in [-0.39, 0.29) is 0 Å². The maximum atomic E-state index is 6.69. The van der Waals surface area contributed by atoms with Crippen molar-refractivity contribution in [3.05, 3.63) is 46.9 Å². The van der Waals surface area contributed by atoms with Crippen LogP contribution in [0.15, 0.2) is 30.6 Å². The quantitative estimate of drug-likeness (QED) is 0.573. The van der Waals surface area contributed by atoms with Crippen molar-refractivity contribution >= 4 is 29.1 Å². The minimum absolute atomic E-state index is 0.453. The summed E-state index contributed by atoms with van der Waals surface area (Å²) < 4.78 is 7.18. The predicted molar refractivity (Wildman–Crippen MR) is 107 cm³/mol. The molecule has 0 atom stereocenters. The number of aromatic nitrogens is 4. The highest BCUT2D eigenvalue weighted by atomic mass is 35.5. The molecule has 0 unspecified atom stereocenters. The van der Waals surface area contributed by atoms with Crippen LogP contribution in [0.25, 0.3) is 5.69 Å². The average molecular weight is 388 g/mol. The third kappa shape index (κ3) is 4.12. The van der Waals surface area contributed by atoms with Crippen molar-refractivity contribution in [2.45, 2.75) is 13.5 Å². The lowest BCUT2D eigenvalue weighted by molar-refractivity contribution is 0.412. The third-order valence-electron chi connectivity index (χ3n) is 3.90. The second kappa shape index (κ2) is 8.24. The smallest absolute Gasteiger partial charge is 0.229 e. The summed E-state index contributed by atoms with van der Waals surface area (Å²) in [5, 5.41) is 14.2. The van der Waals surface area contributed by atoms with Crippen LogP contribution in [0, 0.1) is 6.92 Å². The van der Waals surface area contributed by atoms with Crippen molar-refractivity contribution in [3.63, 3.8) is 0 Å². The fourth-order valence-corrected chi connectivity index (χ4v) is 2.96. The van der Waals surface area contributed by atoms with E-state index in [2.05, 4.69) is 31.0 Å². The molecule has 3 rings (SSSR count). The molecule has 1 aromatic carbocycles. The Morgan fingerprint density at radius 2 is 2.04 bits per heavy atom. The zero-order valence-corrected chi connectivity index (χ0v) is 16.4. The van der Waals surface area contributed by atoms with E-state index < -0.39 is 0 Å². The SMILES string of the molecule is CNCc1cnn(-c2c(OC)ccc(Nc3nc(C)cc(NC)n3)c2Cl)c1. The average Bonchev–Trinajstić information content (AvgIpc) is 3.11. The van der Waals surface area contributed by atoms with Gasteiger partial charge in [0.2, 0.25) is 5.95 Å². The fraction of sp³-hybridized carbons (Fsp3) is 0.278. The highest BCUT2D eigenvalue weighted by Crippen LogP contribution is 2.37. The molecule has 0 aliphatic rings. The number of nitrogens with one attached hydrogen (secondary N) is 3. The molecule has 0 amide bonds. The van der Waals surface area contributed by atoms with E-state index in [4.69, 9.17) is 16.3 Å². The first-order valence-electron chi connectivity index (χ1n) is 8.41. The number of nitrogens with zero attached hydrogens (tertiary/aromatic N) is 4. The van der Waals surface area contributed by atoms with Gasteiger partial charge in [-0.15, -0.1) is 0 Å². The first-order valence-corrected chi connectivity index (χ1v) is 8.79. The molecule has 0 bridgehead atoms. The number of hydrogen-bond donors (Lipinski definition) is 3. The van der Waals surface area contributed by atoms with Crippen molar-refractivity contribution in [3.8, 4) is 11.4 Å². The van der Waals surface area contributed by atoms with Gasteiger partial charge in [0.05, 0.1) is 24.0 Å². The van der Waals surface area contributed by atoms with Gasteiger partial charge in [0.15, 0.2) is 0 Å². The summed E-state index contributed by atoms with van der Waals surface area (Å²) in [5.74, 6) is 1.79. The lowest BCUT2D eigenvalue weighted by Gasteiger charge is -2.15. The monoisotopic (exact) mass is 387 g/mol. The van der Waals surface area contributed by atoms with E-state index in [1.54, 1.807) is 18.0 Å². The number of ether oxygens (including phenoxy) is 1. The van der Waals surface area contributed by atoms with E-state index in [0.717, 1.165) is 17.1 Å². The van der Waals surface area contributed by atoms with Gasteiger partial charge in [-0.3, -0.25) is 0 Å². The summed E-state index contributed by atoms with van der Waals surface area (Å²) >= 11 is 6.69. The van der Waals surface area contributed by atoms with Gasteiger partial charge in [-0.2, -0.15) is 10.1 Å². The molecule has 9 heteroatoms. The van der Waals surface area contributed by atoms with Gasteiger partial charge in [0.1, 0.15) is 17.3 Å². The number of benzene rings is 1. The minimum atomic E-state index is 0.453. The van der Waals surface area contributed by atoms with Crippen LogP contribution in [0.1, 0.15) is 11.3 Å². The number of anilines is 3. The lowest BCUT2D eigenvalue weighted by atomic mass is 10.2. The second-order valence-electron chi connectivity index (χ2n) is 5.89. The van der Waals surface area contributed by atoms with Gasteiger partial charge in [-0.1, -0.05) is 11.6 Å². The van der Waals surface area contributed by atoms with Gasteiger partial charge in [0.25, 0.3) is 0 Å². The van der Waals surface area contributed by atoms with Crippen molar-refractivity contribution in [1.82, 2.24) is 25.1 Å². The number of methoxy groups -OCH3 is 1. The summed E-state index contributed by atoms with van der Waals surface area (Å²) in [6.45, 7) is 2.61. The van der Waals surface area contributed by atoms with Crippen molar-refractivity contribution < 1.29 is 4.74 Å². The summed E-state index contributed by atoms with van der Waals surface area (Å²) in [4.78, 5) is 8.82. The number of rotatable bonds is 7. The van der Waals surface area contributed by atoms with Gasteiger partial charge < -0.3 is 20.7 Å². The molecule has 27 heavy (non-hydrogen) atoms. The van der Waals surface area contributed by atoms with Crippen LogP contribution >= 0.6 is 11.6 Å². The highest BCUT2D eigenvalue weighted by Gasteiger charge is 2.17. The first kappa shape index (κ1) is 18.9. The standard InChI is InChI=1S/C18H22ClN7O/c1-11-7-15(21-3)25-18(23-11)24-13-5-6-14(27-4)17(16(13)19)26-10-12(8-20-2)9-22-26/h5-7,9-10,20H,8H2,1-4H3,(H2,21,23,24,25). The van der Waals surface area contributed by atoms with Crippen LogP contribution in [0.5, 0.6) is 5.75 Å². The van der Waals surface area contributed by atoms with Crippen LogP contribution in [0.2, 0.25) is 5.02 Å². The summed E-state index contributed by atoms with van der Waals surface area (Å²) in [6.07, 6.45) is 3.70. The molecule has 0 saturated carbocycles.